The monoisotopic (exact) mass is 445 g/mol. The SMILES string of the molecule is COc1ccc(S(=O)(=O)Nc2cccc([N+](=O)[O-])c2)cc1NC(=O)c1ccccc1F. The molecular weight excluding hydrogens is 429 g/mol. The molecule has 2 N–H and O–H groups in total. The van der Waals surface area contributed by atoms with E-state index in [0.717, 1.165) is 18.2 Å². The van der Waals surface area contributed by atoms with Crippen molar-refractivity contribution in [3.63, 3.8) is 0 Å². The lowest BCUT2D eigenvalue weighted by molar-refractivity contribution is -0.384. The summed E-state index contributed by atoms with van der Waals surface area (Å²) in [5.74, 6) is -1.38. The number of non-ortho nitro benzene ring substituents is 1. The van der Waals surface area contributed by atoms with Gasteiger partial charge < -0.3 is 10.1 Å². The van der Waals surface area contributed by atoms with Gasteiger partial charge in [-0.25, -0.2) is 12.8 Å². The number of ether oxygens (including phenoxy) is 1. The lowest BCUT2D eigenvalue weighted by atomic mass is 10.2. The molecular formula is C20H16FN3O6S. The summed E-state index contributed by atoms with van der Waals surface area (Å²) in [7, 11) is -2.84. The number of nitrogens with one attached hydrogen (secondary N) is 2. The lowest BCUT2D eigenvalue weighted by Crippen LogP contribution is -2.16. The fourth-order valence-corrected chi connectivity index (χ4v) is 3.76. The van der Waals surface area contributed by atoms with Crippen molar-refractivity contribution in [3.05, 3.63) is 88.2 Å². The molecule has 3 rings (SSSR count). The fourth-order valence-electron chi connectivity index (χ4n) is 2.68. The third-order valence-corrected chi connectivity index (χ3v) is 5.54. The Morgan fingerprint density at radius 1 is 1.06 bits per heavy atom. The molecule has 0 atom stereocenters. The minimum absolute atomic E-state index is 0.00216. The number of nitro benzene ring substituents is 1. The van der Waals surface area contributed by atoms with Gasteiger partial charge in [0.15, 0.2) is 0 Å². The van der Waals surface area contributed by atoms with E-state index in [0.29, 0.717) is 0 Å². The molecule has 0 unspecified atom stereocenters. The maximum Gasteiger partial charge on any atom is 0.271 e. The molecule has 0 saturated heterocycles. The summed E-state index contributed by atoms with van der Waals surface area (Å²) in [5, 5.41) is 13.3. The van der Waals surface area contributed by atoms with Gasteiger partial charge in [0, 0.05) is 12.1 Å². The molecule has 0 saturated carbocycles. The van der Waals surface area contributed by atoms with Gasteiger partial charge in [-0.2, -0.15) is 0 Å². The van der Waals surface area contributed by atoms with Crippen LogP contribution in [0.15, 0.2) is 71.6 Å². The number of rotatable bonds is 7. The molecule has 0 bridgehead atoms. The lowest BCUT2D eigenvalue weighted by Gasteiger charge is -2.13. The highest BCUT2D eigenvalue weighted by Gasteiger charge is 2.20. The molecule has 0 aliphatic heterocycles. The quantitative estimate of drug-likeness (QED) is 0.421. The Bertz CT molecular complexity index is 1260. The average molecular weight is 445 g/mol. The molecule has 160 valence electrons. The molecule has 11 heteroatoms. The van der Waals surface area contributed by atoms with Crippen LogP contribution in [0.2, 0.25) is 0 Å². The van der Waals surface area contributed by atoms with E-state index in [2.05, 4.69) is 10.0 Å². The summed E-state index contributed by atoms with van der Waals surface area (Å²) >= 11 is 0. The number of benzene rings is 3. The Balaban J connectivity index is 1.92. The van der Waals surface area contributed by atoms with Crippen molar-refractivity contribution >= 4 is 33.0 Å². The highest BCUT2D eigenvalue weighted by Crippen LogP contribution is 2.29. The van der Waals surface area contributed by atoms with E-state index in [1.807, 2.05) is 0 Å². The molecule has 1 amide bonds. The van der Waals surface area contributed by atoms with Crippen LogP contribution in [0.4, 0.5) is 21.5 Å². The van der Waals surface area contributed by atoms with Gasteiger partial charge >= 0.3 is 0 Å². The zero-order valence-corrected chi connectivity index (χ0v) is 16.9. The van der Waals surface area contributed by atoms with E-state index in [1.165, 1.54) is 55.6 Å². The predicted octanol–water partition coefficient (Wildman–Crippen LogP) is 3.80. The topological polar surface area (TPSA) is 128 Å². The number of amides is 1. The van der Waals surface area contributed by atoms with Crippen LogP contribution in [0, 0.1) is 15.9 Å². The normalized spacial score (nSPS) is 10.9. The summed E-state index contributed by atoms with van der Waals surface area (Å²) in [6.45, 7) is 0. The summed E-state index contributed by atoms with van der Waals surface area (Å²) in [6, 6.07) is 14.0. The van der Waals surface area contributed by atoms with Crippen LogP contribution in [-0.4, -0.2) is 26.4 Å². The number of carbonyl (C=O) groups is 1. The van der Waals surface area contributed by atoms with Crippen LogP contribution in [0.3, 0.4) is 0 Å². The van der Waals surface area contributed by atoms with E-state index in [1.54, 1.807) is 0 Å². The first kappa shape index (κ1) is 21.7. The van der Waals surface area contributed by atoms with Crippen LogP contribution in [0.1, 0.15) is 10.4 Å². The van der Waals surface area contributed by atoms with Crippen molar-refractivity contribution in [2.45, 2.75) is 4.90 Å². The van der Waals surface area contributed by atoms with Crippen molar-refractivity contribution in [2.75, 3.05) is 17.1 Å². The molecule has 3 aromatic carbocycles. The average Bonchev–Trinajstić information content (AvgIpc) is 2.73. The Morgan fingerprint density at radius 3 is 2.48 bits per heavy atom. The Labute approximate surface area is 176 Å². The number of sulfonamides is 1. The van der Waals surface area contributed by atoms with Crippen molar-refractivity contribution in [1.29, 1.82) is 0 Å². The van der Waals surface area contributed by atoms with E-state index in [-0.39, 0.29) is 33.3 Å². The molecule has 9 nitrogen and oxygen atoms in total. The standard InChI is InChI=1S/C20H16FN3O6S/c1-30-19-10-9-15(12-18(19)22-20(25)16-7-2-3-8-17(16)21)31(28,29)23-13-5-4-6-14(11-13)24(26)27/h2-12,23H,1H3,(H,22,25). The zero-order valence-electron chi connectivity index (χ0n) is 16.0. The second-order valence-electron chi connectivity index (χ2n) is 6.21. The number of nitro groups is 1. The summed E-state index contributed by atoms with van der Waals surface area (Å²) < 4.78 is 46.8. The number of nitrogens with zero attached hydrogens (tertiary/aromatic N) is 1. The van der Waals surface area contributed by atoms with Gasteiger partial charge in [0.1, 0.15) is 11.6 Å². The van der Waals surface area contributed by atoms with E-state index >= 15 is 0 Å². The first-order chi connectivity index (χ1) is 14.7. The first-order valence-corrected chi connectivity index (χ1v) is 10.2. The number of anilines is 2. The van der Waals surface area contributed by atoms with E-state index < -0.39 is 26.7 Å². The van der Waals surface area contributed by atoms with Gasteiger partial charge in [0.2, 0.25) is 0 Å². The second kappa shape index (κ2) is 8.79. The molecule has 0 heterocycles. The van der Waals surface area contributed by atoms with E-state index in [4.69, 9.17) is 4.74 Å². The highest BCUT2D eigenvalue weighted by molar-refractivity contribution is 7.92. The summed E-state index contributed by atoms with van der Waals surface area (Å²) in [4.78, 5) is 22.4. The molecule has 3 aromatic rings. The summed E-state index contributed by atoms with van der Waals surface area (Å²) in [5.41, 5.74) is -0.528. The fraction of sp³-hybridized carbons (Fsp3) is 0.0500. The number of halogens is 1. The van der Waals surface area contributed by atoms with Gasteiger partial charge in [-0.05, 0) is 36.4 Å². The van der Waals surface area contributed by atoms with Crippen molar-refractivity contribution in [3.8, 4) is 5.75 Å². The Kier molecular flexibility index (Phi) is 6.16. The molecule has 31 heavy (non-hydrogen) atoms. The zero-order chi connectivity index (χ0) is 22.6. The Hall–Kier alpha value is -3.99. The smallest absolute Gasteiger partial charge is 0.271 e. The second-order valence-corrected chi connectivity index (χ2v) is 7.89. The van der Waals surface area contributed by atoms with Gasteiger partial charge in [-0.1, -0.05) is 18.2 Å². The molecule has 0 aliphatic carbocycles. The largest absolute Gasteiger partial charge is 0.495 e. The molecule has 0 spiro atoms. The molecule has 0 fully saturated rings. The van der Waals surface area contributed by atoms with Crippen LogP contribution >= 0.6 is 0 Å². The molecule has 0 aliphatic rings. The summed E-state index contributed by atoms with van der Waals surface area (Å²) in [6.07, 6.45) is 0. The van der Waals surface area contributed by atoms with Gasteiger partial charge in [0.05, 0.1) is 33.9 Å². The number of carbonyl (C=O) groups excluding carboxylic acids is 1. The van der Waals surface area contributed by atoms with Gasteiger partial charge in [0.25, 0.3) is 21.6 Å². The third kappa shape index (κ3) is 4.95. The van der Waals surface area contributed by atoms with Crippen molar-refractivity contribution in [2.24, 2.45) is 0 Å². The predicted molar refractivity (Wildman–Crippen MR) is 111 cm³/mol. The van der Waals surface area contributed by atoms with Gasteiger partial charge in [-0.15, -0.1) is 0 Å². The maximum atomic E-state index is 13.9. The number of methoxy groups -OCH3 is 1. The van der Waals surface area contributed by atoms with Gasteiger partial charge in [-0.3, -0.25) is 19.6 Å². The number of hydrogen-bond acceptors (Lipinski definition) is 6. The molecule has 0 radical (unpaired) electrons. The van der Waals surface area contributed by atoms with E-state index in [9.17, 15) is 27.7 Å². The third-order valence-electron chi connectivity index (χ3n) is 4.16. The van der Waals surface area contributed by atoms with Crippen molar-refractivity contribution < 1.29 is 27.3 Å². The molecule has 0 aromatic heterocycles. The first-order valence-electron chi connectivity index (χ1n) is 8.72. The van der Waals surface area contributed by atoms with Crippen LogP contribution in [0.25, 0.3) is 0 Å². The minimum atomic E-state index is -4.17. The highest BCUT2D eigenvalue weighted by atomic mass is 32.2. The van der Waals surface area contributed by atoms with Crippen LogP contribution in [0.5, 0.6) is 5.75 Å². The van der Waals surface area contributed by atoms with Crippen LogP contribution in [-0.2, 0) is 10.0 Å². The maximum absolute atomic E-state index is 13.9. The number of hydrogen-bond donors (Lipinski definition) is 2. The van der Waals surface area contributed by atoms with Crippen molar-refractivity contribution in [1.82, 2.24) is 0 Å². The Morgan fingerprint density at radius 2 is 1.81 bits per heavy atom. The van der Waals surface area contributed by atoms with Crippen LogP contribution < -0.4 is 14.8 Å². The minimum Gasteiger partial charge on any atom is -0.495 e.